The zero-order valence-electron chi connectivity index (χ0n) is 12.8. The summed E-state index contributed by atoms with van der Waals surface area (Å²) in [6.45, 7) is 0.756. The number of carboxylic acid groups (broad SMARTS) is 1. The van der Waals surface area contributed by atoms with E-state index in [1.807, 2.05) is 12.1 Å². The Labute approximate surface area is 140 Å². The highest BCUT2D eigenvalue weighted by atomic mass is 35.5. The minimum atomic E-state index is -0.846. The van der Waals surface area contributed by atoms with Crippen molar-refractivity contribution in [3.05, 3.63) is 47.0 Å². The fourth-order valence-electron chi connectivity index (χ4n) is 3.52. The Balaban J connectivity index is 1.72. The van der Waals surface area contributed by atoms with Crippen LogP contribution in [0.2, 0.25) is 5.02 Å². The van der Waals surface area contributed by atoms with Crippen LogP contribution in [0.1, 0.15) is 30.7 Å². The SMILES string of the molecule is O=C(O)[C@@H]1CN(C(=O)C[C@H]2C=CCC2)C[C@H]1c1ccc(Cl)cc1. The molecular formula is C18H20ClNO3. The second-order valence-electron chi connectivity index (χ2n) is 6.37. The number of likely N-dealkylation sites (tertiary alicyclic amines) is 1. The number of nitrogens with zero attached hydrogens (tertiary/aromatic N) is 1. The number of carbonyl (C=O) groups is 2. The van der Waals surface area contributed by atoms with Gasteiger partial charge in [-0.25, -0.2) is 0 Å². The van der Waals surface area contributed by atoms with Gasteiger partial charge in [0.15, 0.2) is 0 Å². The molecule has 1 aliphatic carbocycles. The van der Waals surface area contributed by atoms with Crippen molar-refractivity contribution in [2.24, 2.45) is 11.8 Å². The van der Waals surface area contributed by atoms with Crippen molar-refractivity contribution in [1.29, 1.82) is 0 Å². The van der Waals surface area contributed by atoms with Crippen molar-refractivity contribution in [2.75, 3.05) is 13.1 Å². The number of halogens is 1. The summed E-state index contributed by atoms with van der Waals surface area (Å²) in [6, 6.07) is 7.25. The zero-order chi connectivity index (χ0) is 16.4. The van der Waals surface area contributed by atoms with Gasteiger partial charge in [0.1, 0.15) is 0 Å². The van der Waals surface area contributed by atoms with Crippen LogP contribution in [0.5, 0.6) is 0 Å². The van der Waals surface area contributed by atoms with Crippen LogP contribution in [0.25, 0.3) is 0 Å². The van der Waals surface area contributed by atoms with Crippen LogP contribution in [-0.2, 0) is 9.59 Å². The number of aliphatic carboxylic acids is 1. The van der Waals surface area contributed by atoms with E-state index < -0.39 is 11.9 Å². The maximum atomic E-state index is 12.5. The molecule has 122 valence electrons. The molecule has 1 aromatic rings. The Morgan fingerprint density at radius 3 is 2.57 bits per heavy atom. The van der Waals surface area contributed by atoms with Gasteiger partial charge < -0.3 is 10.0 Å². The highest BCUT2D eigenvalue weighted by Gasteiger charge is 2.40. The van der Waals surface area contributed by atoms with Gasteiger partial charge in [0.2, 0.25) is 5.91 Å². The molecule has 0 unspecified atom stereocenters. The average Bonchev–Trinajstić information content (AvgIpc) is 3.17. The van der Waals surface area contributed by atoms with Crippen molar-refractivity contribution in [3.63, 3.8) is 0 Å². The second-order valence-corrected chi connectivity index (χ2v) is 6.81. The molecule has 0 radical (unpaired) electrons. The molecule has 1 N–H and O–H groups in total. The lowest BCUT2D eigenvalue weighted by molar-refractivity contribution is -0.141. The van der Waals surface area contributed by atoms with E-state index in [9.17, 15) is 14.7 Å². The summed E-state index contributed by atoms with van der Waals surface area (Å²) < 4.78 is 0. The maximum Gasteiger partial charge on any atom is 0.308 e. The fraction of sp³-hybridized carbons (Fsp3) is 0.444. The van der Waals surface area contributed by atoms with Crippen LogP contribution in [0.15, 0.2) is 36.4 Å². The van der Waals surface area contributed by atoms with Crippen molar-refractivity contribution < 1.29 is 14.7 Å². The quantitative estimate of drug-likeness (QED) is 0.860. The summed E-state index contributed by atoms with van der Waals surface area (Å²) in [5.41, 5.74) is 0.929. The first-order valence-corrected chi connectivity index (χ1v) is 8.35. The third kappa shape index (κ3) is 3.58. The Kier molecular flexibility index (Phi) is 4.71. The molecular weight excluding hydrogens is 314 g/mol. The van der Waals surface area contributed by atoms with Gasteiger partial charge >= 0.3 is 5.97 Å². The summed E-state index contributed by atoms with van der Waals surface area (Å²) in [5, 5.41) is 10.1. The van der Waals surface area contributed by atoms with Crippen molar-refractivity contribution in [2.45, 2.75) is 25.2 Å². The van der Waals surface area contributed by atoms with E-state index in [0.717, 1.165) is 18.4 Å². The van der Waals surface area contributed by atoms with Crippen LogP contribution >= 0.6 is 11.6 Å². The molecule has 1 fully saturated rings. The van der Waals surface area contributed by atoms with E-state index in [4.69, 9.17) is 11.6 Å². The smallest absolute Gasteiger partial charge is 0.308 e. The van der Waals surface area contributed by atoms with Gasteiger partial charge in [-0.15, -0.1) is 0 Å². The van der Waals surface area contributed by atoms with E-state index in [1.54, 1.807) is 17.0 Å². The molecule has 2 aliphatic rings. The number of benzene rings is 1. The minimum Gasteiger partial charge on any atom is -0.481 e. The first kappa shape index (κ1) is 16.1. The highest BCUT2D eigenvalue weighted by molar-refractivity contribution is 6.30. The van der Waals surface area contributed by atoms with Gasteiger partial charge in [0, 0.05) is 30.5 Å². The monoisotopic (exact) mass is 333 g/mol. The Hall–Kier alpha value is -1.81. The Bertz CT molecular complexity index is 626. The van der Waals surface area contributed by atoms with Gasteiger partial charge in [-0.3, -0.25) is 9.59 Å². The lowest BCUT2D eigenvalue weighted by Crippen LogP contribution is -2.30. The molecule has 1 heterocycles. The van der Waals surface area contributed by atoms with E-state index >= 15 is 0 Å². The fourth-order valence-corrected chi connectivity index (χ4v) is 3.65. The van der Waals surface area contributed by atoms with Gasteiger partial charge in [0.05, 0.1) is 5.92 Å². The number of hydrogen-bond donors (Lipinski definition) is 1. The number of carboxylic acids is 1. The number of rotatable bonds is 4. The predicted molar refractivity (Wildman–Crippen MR) is 88.4 cm³/mol. The molecule has 3 atom stereocenters. The summed E-state index contributed by atoms with van der Waals surface area (Å²) in [5.74, 6) is -1.21. The minimum absolute atomic E-state index is 0.0595. The third-order valence-corrected chi connectivity index (χ3v) is 5.09. The lowest BCUT2D eigenvalue weighted by Gasteiger charge is -2.18. The normalized spacial score (nSPS) is 26.7. The summed E-state index contributed by atoms with van der Waals surface area (Å²) in [6.07, 6.45) is 6.74. The van der Waals surface area contributed by atoms with Gasteiger partial charge in [-0.1, -0.05) is 35.9 Å². The Morgan fingerprint density at radius 1 is 1.22 bits per heavy atom. The zero-order valence-corrected chi connectivity index (χ0v) is 13.6. The van der Waals surface area contributed by atoms with Gasteiger partial charge in [-0.2, -0.15) is 0 Å². The van der Waals surface area contributed by atoms with Crippen LogP contribution in [0.3, 0.4) is 0 Å². The first-order valence-electron chi connectivity index (χ1n) is 7.97. The molecule has 0 bridgehead atoms. The molecule has 1 saturated heterocycles. The second kappa shape index (κ2) is 6.75. The molecule has 0 spiro atoms. The van der Waals surface area contributed by atoms with E-state index in [1.165, 1.54) is 0 Å². The first-order chi connectivity index (χ1) is 11.0. The summed E-state index contributed by atoms with van der Waals surface area (Å²) in [4.78, 5) is 25.8. The third-order valence-electron chi connectivity index (χ3n) is 4.84. The average molecular weight is 334 g/mol. The van der Waals surface area contributed by atoms with Crippen LogP contribution in [-0.4, -0.2) is 35.0 Å². The molecule has 3 rings (SSSR count). The standard InChI is InChI=1S/C18H20ClNO3/c19-14-7-5-13(6-8-14)15-10-20(11-16(15)18(22)23)17(21)9-12-3-1-2-4-12/h1,3,5-8,12,15-16H,2,4,9-11H2,(H,22,23)/t12-,15-,16+/m0/s1. The maximum absolute atomic E-state index is 12.5. The van der Waals surface area contributed by atoms with Crippen LogP contribution in [0.4, 0.5) is 0 Å². The highest BCUT2D eigenvalue weighted by Crippen LogP contribution is 2.34. The number of amides is 1. The summed E-state index contributed by atoms with van der Waals surface area (Å²) in [7, 11) is 0. The number of carbonyl (C=O) groups excluding carboxylic acids is 1. The van der Waals surface area contributed by atoms with Crippen LogP contribution in [0, 0.1) is 11.8 Å². The molecule has 1 amide bonds. The lowest BCUT2D eigenvalue weighted by atomic mass is 9.89. The van der Waals surface area contributed by atoms with Crippen molar-refractivity contribution in [3.8, 4) is 0 Å². The largest absolute Gasteiger partial charge is 0.481 e. The van der Waals surface area contributed by atoms with Gasteiger partial charge in [0.25, 0.3) is 0 Å². The van der Waals surface area contributed by atoms with Crippen molar-refractivity contribution >= 4 is 23.5 Å². The molecule has 4 nitrogen and oxygen atoms in total. The molecule has 1 aliphatic heterocycles. The van der Waals surface area contributed by atoms with Crippen molar-refractivity contribution in [1.82, 2.24) is 4.90 Å². The van der Waals surface area contributed by atoms with Crippen LogP contribution < -0.4 is 0 Å². The predicted octanol–water partition coefficient (Wildman–Crippen LogP) is 3.32. The topological polar surface area (TPSA) is 57.6 Å². The van der Waals surface area contributed by atoms with E-state index in [2.05, 4.69) is 12.2 Å². The summed E-state index contributed by atoms with van der Waals surface area (Å²) >= 11 is 5.90. The Morgan fingerprint density at radius 2 is 1.96 bits per heavy atom. The van der Waals surface area contributed by atoms with E-state index in [0.29, 0.717) is 23.9 Å². The molecule has 5 heteroatoms. The number of hydrogen-bond acceptors (Lipinski definition) is 2. The molecule has 0 aromatic heterocycles. The molecule has 0 saturated carbocycles. The molecule has 23 heavy (non-hydrogen) atoms. The molecule has 1 aromatic carbocycles. The van der Waals surface area contributed by atoms with E-state index in [-0.39, 0.29) is 18.4 Å². The number of allylic oxidation sites excluding steroid dienone is 2. The van der Waals surface area contributed by atoms with Gasteiger partial charge in [-0.05, 0) is 36.5 Å².